The second kappa shape index (κ2) is 7.87. The fraction of sp³-hybridized carbons (Fsp3) is 0.0833. The molecule has 0 radical (unpaired) electrons. The molecule has 7 heteroatoms. The molecular formula is C24H20N6O. The highest BCUT2D eigenvalue weighted by atomic mass is 16.1. The molecule has 0 aliphatic rings. The predicted octanol–water partition coefficient (Wildman–Crippen LogP) is 3.84. The van der Waals surface area contributed by atoms with Gasteiger partial charge in [0.2, 0.25) is 0 Å². The van der Waals surface area contributed by atoms with E-state index in [0.29, 0.717) is 12.1 Å². The Morgan fingerprint density at radius 3 is 2.58 bits per heavy atom. The number of hydrogen-bond donors (Lipinski definition) is 1. The fourth-order valence-corrected chi connectivity index (χ4v) is 3.55. The normalized spacial score (nSPS) is 11.0. The molecule has 5 rings (SSSR count). The van der Waals surface area contributed by atoms with Crippen molar-refractivity contribution in [3.63, 3.8) is 0 Å². The summed E-state index contributed by atoms with van der Waals surface area (Å²) in [5.74, 6) is 1.51. The Morgan fingerprint density at radius 2 is 1.77 bits per heavy atom. The van der Waals surface area contributed by atoms with E-state index < -0.39 is 0 Å². The number of benzene rings is 2. The number of aryl methyl sites for hydroxylation is 1. The summed E-state index contributed by atoms with van der Waals surface area (Å²) in [5, 5.41) is 2.98. The summed E-state index contributed by atoms with van der Waals surface area (Å²) in [6.07, 6.45) is 7.13. The van der Waals surface area contributed by atoms with Crippen molar-refractivity contribution < 1.29 is 4.79 Å². The van der Waals surface area contributed by atoms with Crippen molar-refractivity contribution in [2.75, 3.05) is 0 Å². The van der Waals surface area contributed by atoms with E-state index in [-0.39, 0.29) is 5.91 Å². The van der Waals surface area contributed by atoms with E-state index in [2.05, 4.69) is 20.3 Å². The van der Waals surface area contributed by atoms with E-state index in [1.54, 1.807) is 18.7 Å². The first-order valence-corrected chi connectivity index (χ1v) is 9.95. The van der Waals surface area contributed by atoms with Crippen molar-refractivity contribution in [3.8, 4) is 11.5 Å². The third-order valence-electron chi connectivity index (χ3n) is 5.20. The number of hydrogen-bond acceptors (Lipinski definition) is 4. The van der Waals surface area contributed by atoms with Gasteiger partial charge in [0.25, 0.3) is 5.91 Å². The number of imidazole rings is 2. The number of fused-ring (bicyclic) bond motifs is 1. The molecule has 0 spiro atoms. The molecule has 0 aliphatic heterocycles. The van der Waals surface area contributed by atoms with Crippen molar-refractivity contribution in [1.29, 1.82) is 0 Å². The minimum absolute atomic E-state index is 0.126. The van der Waals surface area contributed by atoms with Crippen LogP contribution in [0.1, 0.15) is 21.7 Å². The number of carbonyl (C=O) groups excluding carboxylic acids is 1. The molecule has 7 nitrogen and oxygen atoms in total. The first kappa shape index (κ1) is 18.7. The smallest absolute Gasteiger partial charge is 0.251 e. The molecule has 2 aromatic carbocycles. The molecular weight excluding hydrogens is 388 g/mol. The molecule has 0 fully saturated rings. The van der Waals surface area contributed by atoms with Gasteiger partial charge in [-0.1, -0.05) is 12.1 Å². The average molecular weight is 408 g/mol. The van der Waals surface area contributed by atoms with Gasteiger partial charge in [-0.05, 0) is 61.0 Å². The van der Waals surface area contributed by atoms with E-state index in [4.69, 9.17) is 0 Å². The van der Waals surface area contributed by atoms with Crippen LogP contribution < -0.4 is 5.32 Å². The van der Waals surface area contributed by atoms with Crippen LogP contribution in [0.2, 0.25) is 0 Å². The lowest BCUT2D eigenvalue weighted by Crippen LogP contribution is -2.22. The highest BCUT2D eigenvalue weighted by Crippen LogP contribution is 2.18. The summed E-state index contributed by atoms with van der Waals surface area (Å²) in [6, 6.07) is 19.3. The molecule has 1 N–H and O–H groups in total. The first-order chi connectivity index (χ1) is 15.2. The lowest BCUT2D eigenvalue weighted by Gasteiger charge is -2.09. The Hall–Kier alpha value is -4.26. The minimum Gasteiger partial charge on any atom is -0.348 e. The topological polar surface area (TPSA) is 77.6 Å². The maximum absolute atomic E-state index is 12.6. The van der Waals surface area contributed by atoms with Crippen LogP contribution in [0.3, 0.4) is 0 Å². The van der Waals surface area contributed by atoms with Gasteiger partial charge in [-0.2, -0.15) is 0 Å². The first-order valence-electron chi connectivity index (χ1n) is 9.95. The van der Waals surface area contributed by atoms with Crippen molar-refractivity contribution >= 4 is 16.9 Å². The number of rotatable bonds is 5. The molecule has 0 saturated carbocycles. The van der Waals surface area contributed by atoms with Crippen LogP contribution in [-0.4, -0.2) is 30.0 Å². The van der Waals surface area contributed by atoms with E-state index in [1.807, 2.05) is 82.9 Å². The van der Waals surface area contributed by atoms with Crippen molar-refractivity contribution in [2.45, 2.75) is 13.5 Å². The van der Waals surface area contributed by atoms with Crippen LogP contribution in [0.4, 0.5) is 0 Å². The van der Waals surface area contributed by atoms with E-state index in [0.717, 1.165) is 33.9 Å². The van der Waals surface area contributed by atoms with Gasteiger partial charge >= 0.3 is 0 Å². The zero-order valence-corrected chi connectivity index (χ0v) is 16.9. The Bertz CT molecular complexity index is 1370. The maximum Gasteiger partial charge on any atom is 0.251 e. The quantitative estimate of drug-likeness (QED) is 0.479. The second-order valence-corrected chi connectivity index (χ2v) is 7.20. The van der Waals surface area contributed by atoms with Crippen LogP contribution in [0.15, 0.2) is 85.6 Å². The number of aromatic nitrogens is 5. The Balaban J connectivity index is 1.29. The van der Waals surface area contributed by atoms with Crippen LogP contribution in [-0.2, 0) is 6.54 Å². The van der Waals surface area contributed by atoms with Crippen molar-refractivity contribution in [1.82, 2.24) is 29.4 Å². The maximum atomic E-state index is 12.6. The third kappa shape index (κ3) is 3.69. The second-order valence-electron chi connectivity index (χ2n) is 7.20. The Labute approximate surface area is 179 Å². The fourth-order valence-electron chi connectivity index (χ4n) is 3.55. The summed E-state index contributed by atoms with van der Waals surface area (Å²) in [6.45, 7) is 2.34. The van der Waals surface area contributed by atoms with E-state index >= 15 is 0 Å². The molecule has 0 unspecified atom stereocenters. The van der Waals surface area contributed by atoms with Crippen LogP contribution >= 0.6 is 0 Å². The summed E-state index contributed by atoms with van der Waals surface area (Å²) >= 11 is 0. The van der Waals surface area contributed by atoms with E-state index in [9.17, 15) is 4.79 Å². The van der Waals surface area contributed by atoms with Gasteiger partial charge in [-0.25, -0.2) is 15.0 Å². The molecule has 0 saturated heterocycles. The van der Waals surface area contributed by atoms with Crippen LogP contribution in [0, 0.1) is 6.92 Å². The summed E-state index contributed by atoms with van der Waals surface area (Å²) in [5.41, 5.74) is 4.49. The van der Waals surface area contributed by atoms with Gasteiger partial charge in [-0.15, -0.1) is 0 Å². The number of carbonyl (C=O) groups is 1. The van der Waals surface area contributed by atoms with Gasteiger partial charge in [0.05, 0.1) is 11.0 Å². The molecule has 31 heavy (non-hydrogen) atoms. The lowest BCUT2D eigenvalue weighted by molar-refractivity contribution is 0.0951. The molecule has 1 amide bonds. The van der Waals surface area contributed by atoms with Gasteiger partial charge < -0.3 is 5.32 Å². The summed E-state index contributed by atoms with van der Waals surface area (Å²) < 4.78 is 3.91. The summed E-state index contributed by atoms with van der Waals surface area (Å²) in [7, 11) is 0. The minimum atomic E-state index is -0.126. The predicted molar refractivity (Wildman–Crippen MR) is 118 cm³/mol. The van der Waals surface area contributed by atoms with Crippen LogP contribution in [0.25, 0.3) is 22.5 Å². The molecule has 0 aliphatic carbocycles. The molecule has 3 aromatic heterocycles. The van der Waals surface area contributed by atoms with Gasteiger partial charge in [0, 0.05) is 36.4 Å². The zero-order valence-electron chi connectivity index (χ0n) is 16.9. The average Bonchev–Trinajstić information content (AvgIpc) is 3.44. The van der Waals surface area contributed by atoms with Crippen molar-refractivity contribution in [2.24, 2.45) is 0 Å². The highest BCUT2D eigenvalue weighted by Gasteiger charge is 2.09. The Morgan fingerprint density at radius 1 is 0.935 bits per heavy atom. The molecule has 0 atom stereocenters. The number of amides is 1. The Kier molecular flexibility index (Phi) is 4.76. The largest absolute Gasteiger partial charge is 0.348 e. The standard InChI is InChI=1S/C24H20N6O/c1-17-25-12-13-29(17)23-14-18(10-11-26-23)15-27-24(31)19-6-8-20(9-7-19)30-16-28-21-4-2-3-5-22(21)30/h2-14,16H,15H2,1H3,(H,27,31). The van der Waals surface area contributed by atoms with Gasteiger partial charge in [0.1, 0.15) is 18.0 Å². The number of pyridine rings is 1. The SMILES string of the molecule is Cc1nccn1-c1cc(CNC(=O)c2ccc(-n3cnc4ccccc43)cc2)ccn1. The summed E-state index contributed by atoms with van der Waals surface area (Å²) in [4.78, 5) is 25.7. The molecule has 5 aromatic rings. The number of nitrogens with zero attached hydrogens (tertiary/aromatic N) is 5. The van der Waals surface area contributed by atoms with Gasteiger partial charge in [0.15, 0.2) is 0 Å². The highest BCUT2D eigenvalue weighted by molar-refractivity contribution is 5.94. The van der Waals surface area contributed by atoms with Crippen LogP contribution in [0.5, 0.6) is 0 Å². The molecule has 0 bridgehead atoms. The third-order valence-corrected chi connectivity index (χ3v) is 5.20. The lowest BCUT2D eigenvalue weighted by atomic mass is 10.1. The monoisotopic (exact) mass is 408 g/mol. The van der Waals surface area contributed by atoms with E-state index in [1.165, 1.54) is 0 Å². The number of nitrogens with one attached hydrogen (secondary N) is 1. The van der Waals surface area contributed by atoms with Crippen molar-refractivity contribution in [3.05, 3.63) is 103 Å². The zero-order chi connectivity index (χ0) is 21.2. The molecule has 3 heterocycles. The number of para-hydroxylation sites is 2. The van der Waals surface area contributed by atoms with Gasteiger partial charge in [-0.3, -0.25) is 13.9 Å². The molecule has 152 valence electrons.